The second-order valence-corrected chi connectivity index (χ2v) is 9.24. The van der Waals surface area contributed by atoms with Crippen LogP contribution in [-0.4, -0.2) is 76.5 Å². The van der Waals surface area contributed by atoms with Crippen molar-refractivity contribution in [2.75, 3.05) is 40.6 Å². The fraction of sp³-hybridized carbons (Fsp3) is 0.438. The highest BCUT2D eigenvalue weighted by Gasteiger charge is 2.50. The molecule has 0 aliphatic rings. The Morgan fingerprint density at radius 2 is 0.727 bits per heavy atom. The van der Waals surface area contributed by atoms with E-state index in [0.29, 0.717) is 0 Å². The van der Waals surface area contributed by atoms with Gasteiger partial charge in [0.15, 0.2) is 11.8 Å². The SMILES string of the molecule is CCOC(=O)C(C(=O)OCC)[C@H](c1ccc(C(=O)OC)cc1)[C@@H](c1ccc(C(=O)OC)cc1)C(C(=O)OCC)C(=O)OCC. The van der Waals surface area contributed by atoms with Crippen LogP contribution in [0.25, 0.3) is 0 Å². The van der Waals surface area contributed by atoms with E-state index < -0.39 is 59.5 Å². The summed E-state index contributed by atoms with van der Waals surface area (Å²) in [7, 11) is 2.43. The van der Waals surface area contributed by atoms with E-state index in [1.165, 1.54) is 62.8 Å². The van der Waals surface area contributed by atoms with Gasteiger partial charge < -0.3 is 28.4 Å². The maximum atomic E-state index is 13.5. The molecule has 238 valence electrons. The number of methoxy groups -OCH3 is 2. The van der Waals surface area contributed by atoms with Gasteiger partial charge in [-0.15, -0.1) is 0 Å². The predicted molar refractivity (Wildman–Crippen MR) is 155 cm³/mol. The Bertz CT molecular complexity index is 1160. The lowest BCUT2D eigenvalue weighted by molar-refractivity contribution is -0.169. The van der Waals surface area contributed by atoms with E-state index in [1.54, 1.807) is 27.7 Å². The van der Waals surface area contributed by atoms with E-state index in [2.05, 4.69) is 0 Å². The molecule has 0 bridgehead atoms. The van der Waals surface area contributed by atoms with E-state index in [9.17, 15) is 28.8 Å². The summed E-state index contributed by atoms with van der Waals surface area (Å²) < 4.78 is 30.7. The third kappa shape index (κ3) is 8.65. The molecule has 0 saturated carbocycles. The molecular formula is C32H38O12. The monoisotopic (exact) mass is 614 g/mol. The fourth-order valence-electron chi connectivity index (χ4n) is 4.84. The van der Waals surface area contributed by atoms with Gasteiger partial charge in [0.05, 0.1) is 51.8 Å². The number of carbonyl (C=O) groups is 6. The third-order valence-corrected chi connectivity index (χ3v) is 6.70. The van der Waals surface area contributed by atoms with Crippen molar-refractivity contribution in [1.82, 2.24) is 0 Å². The van der Waals surface area contributed by atoms with Crippen molar-refractivity contribution >= 4 is 35.8 Å². The molecule has 2 aromatic rings. The highest BCUT2D eigenvalue weighted by atomic mass is 16.6. The molecule has 0 aliphatic carbocycles. The second kappa shape index (κ2) is 17.4. The lowest BCUT2D eigenvalue weighted by atomic mass is 9.68. The molecule has 12 heteroatoms. The molecule has 0 amide bonds. The minimum absolute atomic E-state index is 0.0829. The van der Waals surface area contributed by atoms with Crippen LogP contribution in [0.3, 0.4) is 0 Å². The number of benzene rings is 2. The molecule has 0 heterocycles. The Kier molecular flexibility index (Phi) is 14.0. The topological polar surface area (TPSA) is 158 Å². The van der Waals surface area contributed by atoms with Crippen molar-refractivity contribution in [3.63, 3.8) is 0 Å². The van der Waals surface area contributed by atoms with Crippen molar-refractivity contribution in [2.24, 2.45) is 11.8 Å². The van der Waals surface area contributed by atoms with E-state index in [0.717, 1.165) is 0 Å². The largest absolute Gasteiger partial charge is 0.465 e. The first kappa shape index (κ1) is 35.5. The van der Waals surface area contributed by atoms with Crippen molar-refractivity contribution < 1.29 is 57.2 Å². The van der Waals surface area contributed by atoms with Crippen molar-refractivity contribution in [2.45, 2.75) is 39.5 Å². The molecule has 2 rings (SSSR count). The zero-order valence-electron chi connectivity index (χ0n) is 25.7. The lowest BCUT2D eigenvalue weighted by Gasteiger charge is -2.35. The molecular weight excluding hydrogens is 576 g/mol. The maximum Gasteiger partial charge on any atom is 0.337 e. The highest BCUT2D eigenvalue weighted by molar-refractivity contribution is 5.99. The summed E-state index contributed by atoms with van der Waals surface area (Å²) in [6.07, 6.45) is 0. The van der Waals surface area contributed by atoms with Crippen LogP contribution < -0.4 is 0 Å². The molecule has 0 saturated heterocycles. The molecule has 12 nitrogen and oxygen atoms in total. The molecule has 0 N–H and O–H groups in total. The number of ether oxygens (including phenoxy) is 6. The van der Waals surface area contributed by atoms with Gasteiger partial charge in [-0.3, -0.25) is 19.2 Å². The average Bonchev–Trinajstić information content (AvgIpc) is 3.02. The van der Waals surface area contributed by atoms with Gasteiger partial charge >= 0.3 is 35.8 Å². The zero-order valence-corrected chi connectivity index (χ0v) is 25.7. The van der Waals surface area contributed by atoms with E-state index >= 15 is 0 Å². The average molecular weight is 615 g/mol. The fourth-order valence-corrected chi connectivity index (χ4v) is 4.84. The second-order valence-electron chi connectivity index (χ2n) is 9.24. The highest BCUT2D eigenvalue weighted by Crippen LogP contribution is 2.45. The lowest BCUT2D eigenvalue weighted by Crippen LogP contribution is -2.42. The molecule has 2 atom stereocenters. The van der Waals surface area contributed by atoms with Gasteiger partial charge in [-0.2, -0.15) is 0 Å². The Morgan fingerprint density at radius 1 is 0.477 bits per heavy atom. The van der Waals surface area contributed by atoms with Crippen molar-refractivity contribution in [1.29, 1.82) is 0 Å². The Balaban J connectivity index is 3.03. The summed E-state index contributed by atoms with van der Waals surface area (Å²) in [5.74, 6) is -11.1. The number of hydrogen-bond donors (Lipinski definition) is 0. The van der Waals surface area contributed by atoms with Crippen LogP contribution in [0, 0.1) is 11.8 Å². The number of esters is 6. The van der Waals surface area contributed by atoms with Crippen LogP contribution >= 0.6 is 0 Å². The number of hydrogen-bond acceptors (Lipinski definition) is 12. The van der Waals surface area contributed by atoms with Crippen LogP contribution in [0.5, 0.6) is 0 Å². The zero-order chi connectivity index (χ0) is 32.8. The first-order valence-electron chi connectivity index (χ1n) is 14.1. The van der Waals surface area contributed by atoms with Gasteiger partial charge in [0.2, 0.25) is 0 Å². The first-order chi connectivity index (χ1) is 21.1. The summed E-state index contributed by atoms with van der Waals surface area (Å²) in [4.78, 5) is 78.5. The minimum atomic E-state index is -1.68. The van der Waals surface area contributed by atoms with Gasteiger partial charge in [0.25, 0.3) is 0 Å². The summed E-state index contributed by atoms with van der Waals surface area (Å²) in [6.45, 7) is 5.90. The van der Waals surface area contributed by atoms with Gasteiger partial charge in [-0.25, -0.2) is 9.59 Å². The predicted octanol–water partition coefficient (Wildman–Crippen LogP) is 3.61. The molecule has 0 radical (unpaired) electrons. The molecule has 0 spiro atoms. The van der Waals surface area contributed by atoms with Gasteiger partial charge in [-0.05, 0) is 63.1 Å². The summed E-state index contributed by atoms with van der Waals surface area (Å²) in [6, 6.07) is 11.6. The molecule has 0 aliphatic heterocycles. The first-order valence-corrected chi connectivity index (χ1v) is 14.1. The van der Waals surface area contributed by atoms with Crippen molar-refractivity contribution in [3.8, 4) is 0 Å². The van der Waals surface area contributed by atoms with Crippen LogP contribution in [-0.2, 0) is 47.6 Å². The Labute approximate surface area is 255 Å². The molecule has 0 fully saturated rings. The maximum absolute atomic E-state index is 13.5. The number of carbonyl (C=O) groups excluding carboxylic acids is 6. The molecule has 0 unspecified atom stereocenters. The summed E-state index contributed by atoms with van der Waals surface area (Å²) in [5, 5.41) is 0. The Morgan fingerprint density at radius 3 is 0.932 bits per heavy atom. The van der Waals surface area contributed by atoms with E-state index in [4.69, 9.17) is 28.4 Å². The third-order valence-electron chi connectivity index (χ3n) is 6.70. The van der Waals surface area contributed by atoms with E-state index in [-0.39, 0.29) is 48.7 Å². The quantitative estimate of drug-likeness (QED) is 0.163. The summed E-state index contributed by atoms with van der Waals surface area (Å²) in [5.41, 5.74) is 0.907. The number of rotatable bonds is 15. The standard InChI is InChI=1S/C32H38O12/c1-7-41-29(35)25(30(36)42-8-2)23(19-11-15-21(16-12-19)27(33)39-5)24(20-13-17-22(18-14-20)28(34)40-6)26(31(37)43-9-3)32(38)44-10-4/h11-18,23-26H,7-10H2,1-6H3/t23-,24-/m1/s1. The van der Waals surface area contributed by atoms with Crippen LogP contribution in [0.4, 0.5) is 0 Å². The van der Waals surface area contributed by atoms with Crippen molar-refractivity contribution in [3.05, 3.63) is 70.8 Å². The van der Waals surface area contributed by atoms with Crippen LogP contribution in [0.2, 0.25) is 0 Å². The Hall–Kier alpha value is -4.74. The van der Waals surface area contributed by atoms with Gasteiger partial charge in [0, 0.05) is 11.8 Å². The molecule has 0 aromatic heterocycles. The smallest absolute Gasteiger partial charge is 0.337 e. The molecule has 44 heavy (non-hydrogen) atoms. The van der Waals surface area contributed by atoms with Gasteiger partial charge in [-0.1, -0.05) is 24.3 Å². The summed E-state index contributed by atoms with van der Waals surface area (Å²) >= 11 is 0. The van der Waals surface area contributed by atoms with Crippen LogP contribution in [0.1, 0.15) is 71.4 Å². The normalized spacial score (nSPS) is 12.1. The van der Waals surface area contributed by atoms with Crippen LogP contribution in [0.15, 0.2) is 48.5 Å². The molecule has 2 aromatic carbocycles. The van der Waals surface area contributed by atoms with Gasteiger partial charge in [0.1, 0.15) is 0 Å². The van der Waals surface area contributed by atoms with E-state index in [1.807, 2.05) is 0 Å². The minimum Gasteiger partial charge on any atom is -0.465 e.